The lowest BCUT2D eigenvalue weighted by molar-refractivity contribution is 0.0511. The van der Waals surface area contributed by atoms with Crippen molar-refractivity contribution in [2.75, 3.05) is 57.7 Å². The molecule has 1 aliphatic carbocycles. The summed E-state index contributed by atoms with van der Waals surface area (Å²) in [5.41, 5.74) is 3.36. The Balaban J connectivity index is 1.41. The molecule has 1 N–H and O–H groups in total. The van der Waals surface area contributed by atoms with Crippen molar-refractivity contribution in [3.8, 4) is 5.75 Å². The quantitative estimate of drug-likeness (QED) is 0.324. The van der Waals surface area contributed by atoms with Gasteiger partial charge in [-0.3, -0.25) is 9.52 Å². The van der Waals surface area contributed by atoms with Crippen LogP contribution < -0.4 is 14.4 Å². The van der Waals surface area contributed by atoms with E-state index in [1.165, 1.54) is 11.1 Å². The summed E-state index contributed by atoms with van der Waals surface area (Å²) in [5.74, 6) is 0.408. The third kappa shape index (κ3) is 8.48. The summed E-state index contributed by atoms with van der Waals surface area (Å²) in [4.78, 5) is 31.5. The van der Waals surface area contributed by atoms with Gasteiger partial charge in [-0.25, -0.2) is 9.00 Å². The molecule has 1 spiro atoms. The first-order valence-electron chi connectivity index (χ1n) is 18.8. The van der Waals surface area contributed by atoms with Crippen molar-refractivity contribution in [2.24, 2.45) is 22.1 Å². The van der Waals surface area contributed by atoms with Gasteiger partial charge in [0.25, 0.3) is 5.91 Å². The van der Waals surface area contributed by atoms with E-state index in [4.69, 9.17) is 25.8 Å². The summed E-state index contributed by atoms with van der Waals surface area (Å²) in [5, 5.41) is 0.737. The van der Waals surface area contributed by atoms with Crippen molar-refractivity contribution in [3.05, 3.63) is 70.3 Å². The first kappa shape index (κ1) is 38.6. The highest BCUT2D eigenvalue weighted by atomic mass is 35.5. The number of hydrogen-bond acceptors (Lipinski definition) is 7. The molecule has 4 aliphatic rings. The molecule has 1 unspecified atom stereocenters. The van der Waals surface area contributed by atoms with Crippen LogP contribution in [-0.4, -0.2) is 86.0 Å². The molecule has 284 valence electrons. The predicted octanol–water partition coefficient (Wildman–Crippen LogP) is 7.43. The van der Waals surface area contributed by atoms with Crippen LogP contribution in [0.2, 0.25) is 5.02 Å². The Bertz CT molecular complexity index is 1770. The first-order chi connectivity index (χ1) is 25.0. The number of allylic oxidation sites excluding steroid dienone is 1. The summed E-state index contributed by atoms with van der Waals surface area (Å²) < 4.78 is 39.9. The lowest BCUT2D eigenvalue weighted by atomic mass is 9.70. The van der Waals surface area contributed by atoms with Gasteiger partial charge in [-0.1, -0.05) is 57.0 Å². The van der Waals surface area contributed by atoms with Gasteiger partial charge in [0.2, 0.25) is 0 Å². The molecule has 1 fully saturated rings. The van der Waals surface area contributed by atoms with E-state index in [-0.39, 0.29) is 41.1 Å². The van der Waals surface area contributed by atoms with Gasteiger partial charge in [0, 0.05) is 56.4 Å². The molecule has 2 aromatic rings. The second-order valence-corrected chi connectivity index (χ2v) is 17.8. The summed E-state index contributed by atoms with van der Waals surface area (Å²) in [6.07, 6.45) is 10.0. The van der Waals surface area contributed by atoms with Crippen LogP contribution in [0.15, 0.2) is 52.9 Å². The molecule has 3 aliphatic heterocycles. The van der Waals surface area contributed by atoms with Crippen LogP contribution in [0.4, 0.5) is 10.5 Å². The van der Waals surface area contributed by atoms with Crippen LogP contribution in [0.5, 0.6) is 5.75 Å². The second-order valence-electron chi connectivity index (χ2n) is 15.3. The Morgan fingerprint density at radius 1 is 1.13 bits per heavy atom. The maximum atomic E-state index is 14.6. The topological polar surface area (TPSA) is 110 Å². The van der Waals surface area contributed by atoms with Crippen molar-refractivity contribution < 1.29 is 28.0 Å². The Labute approximate surface area is 314 Å². The number of fused-ring (bicyclic) bond motifs is 3. The maximum absolute atomic E-state index is 14.6. The van der Waals surface area contributed by atoms with E-state index in [1.807, 2.05) is 25.1 Å². The number of halogens is 1. The van der Waals surface area contributed by atoms with Gasteiger partial charge in [-0.15, -0.1) is 4.36 Å². The van der Waals surface area contributed by atoms with E-state index >= 15 is 0 Å². The number of carbonyl (C=O) groups excluding carboxylic acids is 2. The van der Waals surface area contributed by atoms with Gasteiger partial charge < -0.3 is 24.0 Å². The molecule has 2 bridgehead atoms. The molecule has 3 heterocycles. The minimum Gasteiger partial charge on any atom is -0.490 e. The Morgan fingerprint density at radius 2 is 1.92 bits per heavy atom. The monoisotopic (exact) mass is 754 g/mol. The zero-order valence-corrected chi connectivity index (χ0v) is 32.8. The number of ether oxygens (including phenoxy) is 3. The average molecular weight is 755 g/mol. The number of likely N-dealkylation sites (tertiary alicyclic amines) is 1. The number of rotatable bonds is 4. The molecule has 52 heavy (non-hydrogen) atoms. The highest BCUT2D eigenvalue weighted by Gasteiger charge is 2.42. The number of hydrogen-bond donors (Lipinski definition) is 1. The van der Waals surface area contributed by atoms with Crippen LogP contribution in [0.3, 0.4) is 0 Å². The van der Waals surface area contributed by atoms with Gasteiger partial charge in [-0.2, -0.15) is 0 Å². The number of carbonyl (C=O) groups is 2. The third-order valence-corrected chi connectivity index (χ3v) is 13.8. The fraction of sp³-hybridized carbons (Fsp3) is 0.600. The van der Waals surface area contributed by atoms with Gasteiger partial charge in [0.15, 0.2) is 0 Å². The number of benzene rings is 2. The van der Waals surface area contributed by atoms with Crippen molar-refractivity contribution in [3.63, 3.8) is 0 Å². The number of methoxy groups -OCH3 is 2. The largest absolute Gasteiger partial charge is 0.490 e. The third-order valence-electron chi connectivity index (χ3n) is 11.6. The second kappa shape index (κ2) is 16.5. The van der Waals surface area contributed by atoms with E-state index in [1.54, 1.807) is 25.2 Å². The minimum atomic E-state index is -3.49. The normalized spacial score (nSPS) is 30.8. The van der Waals surface area contributed by atoms with Crippen LogP contribution in [0, 0.1) is 17.8 Å². The number of amides is 3. The van der Waals surface area contributed by atoms with Crippen LogP contribution in [0.1, 0.15) is 80.8 Å². The van der Waals surface area contributed by atoms with Gasteiger partial charge in [-0.05, 0) is 97.7 Å². The number of aryl methyl sites for hydroxylation is 1. The van der Waals surface area contributed by atoms with Gasteiger partial charge in [0.1, 0.15) is 15.7 Å². The van der Waals surface area contributed by atoms with Gasteiger partial charge in [0.05, 0.1) is 30.3 Å². The molecule has 0 aromatic heterocycles. The van der Waals surface area contributed by atoms with E-state index in [2.05, 4.69) is 52.1 Å². The summed E-state index contributed by atoms with van der Waals surface area (Å²) in [6.45, 7) is 9.31. The summed E-state index contributed by atoms with van der Waals surface area (Å²) >= 11 is 6.47. The SMILES string of the molecule is CC[C@H]1[C@@H](OC)/C=C\C[C@H](C)CS(=O)(NC(=O)N2CCC(OC)CC2)=NC(=O)c2ccc3c(c2)N(C[C@@H]1C)C[C@@]1(CCCc2cc(Cl)ccc21)CO3. The maximum Gasteiger partial charge on any atom is 0.329 e. The highest BCUT2D eigenvalue weighted by Crippen LogP contribution is 2.45. The molecular weight excluding hydrogens is 700 g/mol. The Hall–Kier alpha value is -3.12. The van der Waals surface area contributed by atoms with E-state index in [9.17, 15) is 13.8 Å². The standard InChI is InChI=1S/C40H55ClN4O6S/c1-6-33-28(3)23-45-25-40(18-8-10-29-21-31(41)13-14-34(29)40)26-51-37-15-12-30(22-35(37)45)38(46)42-52(48,24-27(2)9-7-11-36(33)50-5)43-39(47)44-19-16-32(49-4)17-20-44/h7,11-15,21-22,27-28,32-33,36H,6,8-10,16-20,23-26H2,1-5H3,(H,42,43,46,47,48)/b11-7-/t27-,28-,33+,36-,40-,52?/m0/s1. The lowest BCUT2D eigenvalue weighted by Crippen LogP contribution is -2.48. The number of nitrogens with one attached hydrogen (secondary N) is 1. The van der Waals surface area contributed by atoms with Crippen LogP contribution in [0.25, 0.3) is 0 Å². The van der Waals surface area contributed by atoms with Crippen molar-refractivity contribution in [2.45, 2.75) is 83.3 Å². The smallest absolute Gasteiger partial charge is 0.329 e. The molecule has 2 aromatic carbocycles. The summed E-state index contributed by atoms with van der Waals surface area (Å²) in [7, 11) is -0.0636. The molecule has 0 saturated carbocycles. The first-order valence-corrected chi connectivity index (χ1v) is 20.9. The fourth-order valence-corrected chi connectivity index (χ4v) is 10.8. The Kier molecular flexibility index (Phi) is 12.2. The number of anilines is 1. The van der Waals surface area contributed by atoms with Crippen molar-refractivity contribution in [1.29, 1.82) is 0 Å². The number of piperidine rings is 1. The van der Waals surface area contributed by atoms with E-state index in [0.29, 0.717) is 63.4 Å². The zero-order valence-electron chi connectivity index (χ0n) is 31.3. The highest BCUT2D eigenvalue weighted by molar-refractivity contribution is 7.92. The minimum absolute atomic E-state index is 0.0285. The van der Waals surface area contributed by atoms with Crippen LogP contribution in [-0.2, 0) is 31.2 Å². The average Bonchev–Trinajstić information content (AvgIpc) is 3.27. The van der Waals surface area contributed by atoms with Crippen LogP contribution >= 0.6 is 11.6 Å². The molecule has 1 saturated heterocycles. The molecule has 6 atom stereocenters. The van der Waals surface area contributed by atoms with Crippen molar-refractivity contribution >= 4 is 39.1 Å². The molecule has 12 heteroatoms. The molecule has 10 nitrogen and oxygen atoms in total. The van der Waals surface area contributed by atoms with Gasteiger partial charge >= 0.3 is 6.03 Å². The van der Waals surface area contributed by atoms with E-state index < -0.39 is 21.9 Å². The number of nitrogens with zero attached hydrogens (tertiary/aromatic N) is 3. The molecular formula is C40H55ClN4O6S. The predicted molar refractivity (Wildman–Crippen MR) is 207 cm³/mol. The van der Waals surface area contributed by atoms with E-state index in [0.717, 1.165) is 36.4 Å². The molecule has 0 radical (unpaired) electrons. The fourth-order valence-electron chi connectivity index (χ4n) is 8.77. The van der Waals surface area contributed by atoms with Crippen molar-refractivity contribution in [1.82, 2.24) is 9.62 Å². The number of urea groups is 1. The summed E-state index contributed by atoms with van der Waals surface area (Å²) in [6, 6.07) is 11.1. The zero-order chi connectivity index (χ0) is 37.0. The lowest BCUT2D eigenvalue weighted by Gasteiger charge is -2.42. The Morgan fingerprint density at radius 3 is 2.65 bits per heavy atom. The molecule has 3 amide bonds. The molecule has 6 rings (SSSR count).